The van der Waals surface area contributed by atoms with Gasteiger partial charge in [0.15, 0.2) is 0 Å². The maximum absolute atomic E-state index is 5.69. The molecule has 90 valence electrons. The zero-order chi connectivity index (χ0) is 12.5. The summed E-state index contributed by atoms with van der Waals surface area (Å²) in [4.78, 5) is 4.48. The molecule has 0 aliphatic carbocycles. The van der Waals surface area contributed by atoms with Crippen LogP contribution in [-0.2, 0) is 0 Å². The number of fused-ring (bicyclic) bond motifs is 1. The Kier molecular flexibility index (Phi) is 3.38. The van der Waals surface area contributed by atoms with E-state index in [0.717, 1.165) is 15.4 Å². The Hall–Kier alpha value is -1.09. The van der Waals surface area contributed by atoms with E-state index in [-0.39, 0.29) is 5.41 Å². The van der Waals surface area contributed by atoms with Crippen LogP contribution in [0.2, 0.25) is 0 Å². The molecule has 2 aromatic rings. The van der Waals surface area contributed by atoms with Crippen LogP contribution in [0.3, 0.4) is 0 Å². The monoisotopic (exact) mass is 293 g/mol. The standard InChI is InChI=1S/C14H16BrNO/c1-14(2,3)9-17-13-7-4-10-8-11(15)5-6-12(10)16-13/h4-8H,9H2,1-3H3. The van der Waals surface area contributed by atoms with Crippen LogP contribution in [0.25, 0.3) is 10.9 Å². The van der Waals surface area contributed by atoms with Gasteiger partial charge in [0, 0.05) is 15.9 Å². The normalized spacial score (nSPS) is 11.8. The van der Waals surface area contributed by atoms with E-state index in [0.29, 0.717) is 12.5 Å². The van der Waals surface area contributed by atoms with Crippen molar-refractivity contribution in [3.8, 4) is 5.88 Å². The summed E-state index contributed by atoms with van der Waals surface area (Å²) in [5.74, 6) is 0.690. The molecule has 0 amide bonds. The summed E-state index contributed by atoms with van der Waals surface area (Å²) >= 11 is 3.45. The molecular formula is C14H16BrNO. The van der Waals surface area contributed by atoms with Crippen LogP contribution in [-0.4, -0.2) is 11.6 Å². The van der Waals surface area contributed by atoms with Crippen molar-refractivity contribution < 1.29 is 4.74 Å². The van der Waals surface area contributed by atoms with Gasteiger partial charge in [-0.25, -0.2) is 4.98 Å². The number of hydrogen-bond acceptors (Lipinski definition) is 2. The lowest BCUT2D eigenvalue weighted by Crippen LogP contribution is -2.17. The Morgan fingerprint density at radius 1 is 1.18 bits per heavy atom. The second-order valence-corrected chi connectivity index (χ2v) is 6.25. The minimum Gasteiger partial charge on any atom is -0.477 e. The van der Waals surface area contributed by atoms with Crippen molar-refractivity contribution in [1.82, 2.24) is 4.98 Å². The summed E-state index contributed by atoms with van der Waals surface area (Å²) < 4.78 is 6.75. The number of rotatable bonds is 2. The zero-order valence-electron chi connectivity index (χ0n) is 10.3. The van der Waals surface area contributed by atoms with Crippen molar-refractivity contribution in [2.45, 2.75) is 20.8 Å². The van der Waals surface area contributed by atoms with Gasteiger partial charge in [-0.15, -0.1) is 0 Å². The third-order valence-corrected chi connectivity index (χ3v) is 2.77. The van der Waals surface area contributed by atoms with E-state index in [9.17, 15) is 0 Å². The van der Waals surface area contributed by atoms with Gasteiger partial charge in [0.1, 0.15) is 0 Å². The molecule has 1 heterocycles. The van der Waals surface area contributed by atoms with Crippen molar-refractivity contribution in [2.75, 3.05) is 6.61 Å². The van der Waals surface area contributed by atoms with Crippen LogP contribution in [0.15, 0.2) is 34.8 Å². The van der Waals surface area contributed by atoms with Crippen LogP contribution in [0.1, 0.15) is 20.8 Å². The van der Waals surface area contributed by atoms with E-state index < -0.39 is 0 Å². The van der Waals surface area contributed by atoms with Gasteiger partial charge >= 0.3 is 0 Å². The zero-order valence-corrected chi connectivity index (χ0v) is 11.9. The average molecular weight is 294 g/mol. The minimum absolute atomic E-state index is 0.149. The first kappa shape index (κ1) is 12.4. The number of aromatic nitrogens is 1. The summed E-state index contributed by atoms with van der Waals surface area (Å²) in [5, 5.41) is 1.11. The molecule has 0 fully saturated rings. The van der Waals surface area contributed by atoms with E-state index in [4.69, 9.17) is 4.74 Å². The predicted octanol–water partition coefficient (Wildman–Crippen LogP) is 4.42. The number of nitrogens with zero attached hydrogens (tertiary/aromatic N) is 1. The van der Waals surface area contributed by atoms with Crippen molar-refractivity contribution in [3.05, 3.63) is 34.8 Å². The maximum Gasteiger partial charge on any atom is 0.213 e. The lowest BCUT2D eigenvalue weighted by Gasteiger charge is -2.18. The number of halogens is 1. The van der Waals surface area contributed by atoms with Crippen molar-refractivity contribution in [2.24, 2.45) is 5.41 Å². The molecule has 1 aromatic carbocycles. The van der Waals surface area contributed by atoms with E-state index in [1.54, 1.807) is 0 Å². The fraction of sp³-hybridized carbons (Fsp3) is 0.357. The van der Waals surface area contributed by atoms with Crippen LogP contribution in [0, 0.1) is 5.41 Å². The van der Waals surface area contributed by atoms with Crippen LogP contribution >= 0.6 is 15.9 Å². The Balaban J connectivity index is 2.23. The Morgan fingerprint density at radius 3 is 2.65 bits per heavy atom. The number of hydrogen-bond donors (Lipinski definition) is 0. The van der Waals surface area contributed by atoms with E-state index in [2.05, 4.69) is 47.8 Å². The highest BCUT2D eigenvalue weighted by atomic mass is 79.9. The highest BCUT2D eigenvalue weighted by Gasteiger charge is 2.11. The van der Waals surface area contributed by atoms with Crippen LogP contribution in [0.4, 0.5) is 0 Å². The lowest BCUT2D eigenvalue weighted by atomic mass is 9.99. The molecule has 0 radical (unpaired) electrons. The van der Waals surface area contributed by atoms with Gasteiger partial charge in [0.25, 0.3) is 0 Å². The summed E-state index contributed by atoms with van der Waals surface area (Å²) in [6.45, 7) is 7.10. The summed E-state index contributed by atoms with van der Waals surface area (Å²) in [7, 11) is 0. The average Bonchev–Trinajstić information content (AvgIpc) is 2.25. The van der Waals surface area contributed by atoms with Crippen molar-refractivity contribution in [1.29, 1.82) is 0 Å². The molecule has 2 nitrogen and oxygen atoms in total. The van der Waals surface area contributed by atoms with Gasteiger partial charge in [-0.2, -0.15) is 0 Å². The molecule has 0 saturated heterocycles. The molecule has 3 heteroatoms. The van der Waals surface area contributed by atoms with Gasteiger partial charge in [-0.3, -0.25) is 0 Å². The largest absolute Gasteiger partial charge is 0.477 e. The first-order valence-corrected chi connectivity index (χ1v) is 6.42. The van der Waals surface area contributed by atoms with Crippen molar-refractivity contribution >= 4 is 26.8 Å². The predicted molar refractivity (Wildman–Crippen MR) is 74.4 cm³/mol. The first-order chi connectivity index (χ1) is 7.94. The summed E-state index contributed by atoms with van der Waals surface area (Å²) in [6.07, 6.45) is 0. The molecule has 0 aliphatic heterocycles. The highest BCUT2D eigenvalue weighted by molar-refractivity contribution is 9.10. The Morgan fingerprint density at radius 2 is 1.94 bits per heavy atom. The molecule has 17 heavy (non-hydrogen) atoms. The number of pyridine rings is 1. The molecule has 0 spiro atoms. The summed E-state index contributed by atoms with van der Waals surface area (Å²) in [6, 6.07) is 9.98. The topological polar surface area (TPSA) is 22.1 Å². The fourth-order valence-electron chi connectivity index (χ4n) is 1.45. The smallest absolute Gasteiger partial charge is 0.213 e. The third kappa shape index (κ3) is 3.43. The Labute approximate surface area is 110 Å². The van der Waals surface area contributed by atoms with Gasteiger partial charge < -0.3 is 4.74 Å². The molecule has 1 aromatic heterocycles. The van der Waals surface area contributed by atoms with Crippen molar-refractivity contribution in [3.63, 3.8) is 0 Å². The van der Waals surface area contributed by atoms with Crippen LogP contribution < -0.4 is 4.74 Å². The third-order valence-electron chi connectivity index (χ3n) is 2.28. The highest BCUT2D eigenvalue weighted by Crippen LogP contribution is 2.22. The Bertz CT molecular complexity index is 531. The van der Waals surface area contributed by atoms with Gasteiger partial charge in [0.2, 0.25) is 5.88 Å². The van der Waals surface area contributed by atoms with E-state index in [1.165, 1.54) is 0 Å². The molecule has 2 rings (SSSR count). The van der Waals surface area contributed by atoms with E-state index >= 15 is 0 Å². The van der Waals surface area contributed by atoms with Crippen LogP contribution in [0.5, 0.6) is 5.88 Å². The van der Waals surface area contributed by atoms with Gasteiger partial charge in [0.05, 0.1) is 12.1 Å². The van der Waals surface area contributed by atoms with Gasteiger partial charge in [-0.05, 0) is 29.7 Å². The lowest BCUT2D eigenvalue weighted by molar-refractivity contribution is 0.192. The molecule has 0 aliphatic rings. The number of benzene rings is 1. The second kappa shape index (κ2) is 4.65. The molecule has 0 bridgehead atoms. The second-order valence-electron chi connectivity index (χ2n) is 5.34. The molecule has 0 atom stereocenters. The quantitative estimate of drug-likeness (QED) is 0.818. The maximum atomic E-state index is 5.69. The number of ether oxygens (including phenoxy) is 1. The SMILES string of the molecule is CC(C)(C)COc1ccc2cc(Br)ccc2n1. The minimum atomic E-state index is 0.149. The fourth-order valence-corrected chi connectivity index (χ4v) is 1.83. The summed E-state index contributed by atoms with van der Waals surface area (Å²) in [5.41, 5.74) is 1.11. The van der Waals surface area contributed by atoms with Gasteiger partial charge in [-0.1, -0.05) is 36.7 Å². The first-order valence-electron chi connectivity index (χ1n) is 5.63. The molecule has 0 unspecified atom stereocenters. The molecule has 0 N–H and O–H groups in total. The van der Waals surface area contributed by atoms with E-state index in [1.807, 2.05) is 24.3 Å². The molecular weight excluding hydrogens is 278 g/mol. The molecule has 0 saturated carbocycles.